The van der Waals surface area contributed by atoms with Crippen LogP contribution in [0.15, 0.2) is 76.1 Å². The third-order valence-corrected chi connectivity index (χ3v) is 5.24. The van der Waals surface area contributed by atoms with Crippen LogP contribution in [0, 0.1) is 10.1 Å². The van der Waals surface area contributed by atoms with Gasteiger partial charge in [-0.1, -0.05) is 12.1 Å². The van der Waals surface area contributed by atoms with Gasteiger partial charge in [0.2, 0.25) is 0 Å². The summed E-state index contributed by atoms with van der Waals surface area (Å²) in [5.74, 6) is -0.374. The highest BCUT2D eigenvalue weighted by Gasteiger charge is 2.25. The lowest BCUT2D eigenvalue weighted by atomic mass is 10.1. The van der Waals surface area contributed by atoms with Crippen LogP contribution in [0.3, 0.4) is 0 Å². The standard InChI is InChI=1S/C16H11N5O3S2/c22-15-14(8-10-5-6-20-11(7-10)9-17-26-20)25-16(19-15)18-12-3-1-2-4-13(12)21(23)24/h1-9,17H,(H,18,19,22). The molecule has 0 aliphatic carbocycles. The Morgan fingerprint density at radius 1 is 1.35 bits per heavy atom. The fourth-order valence-electron chi connectivity index (χ4n) is 2.41. The van der Waals surface area contributed by atoms with Crippen molar-refractivity contribution in [3.63, 3.8) is 0 Å². The quantitative estimate of drug-likeness (QED) is 0.354. The second-order valence-electron chi connectivity index (χ2n) is 5.30. The fourth-order valence-corrected chi connectivity index (χ4v) is 3.86. The Labute approximate surface area is 156 Å². The van der Waals surface area contributed by atoms with Crippen molar-refractivity contribution in [2.75, 3.05) is 5.32 Å². The maximum Gasteiger partial charge on any atom is 0.292 e. The molecule has 2 N–H and O–H groups in total. The molecule has 0 radical (unpaired) electrons. The number of nitro groups is 1. The molecule has 130 valence electrons. The van der Waals surface area contributed by atoms with E-state index in [9.17, 15) is 14.9 Å². The number of thioether (sulfide) groups is 1. The zero-order chi connectivity index (χ0) is 18.1. The normalized spacial score (nSPS) is 19.7. The van der Waals surface area contributed by atoms with E-state index >= 15 is 0 Å². The van der Waals surface area contributed by atoms with Crippen molar-refractivity contribution in [3.05, 3.63) is 81.2 Å². The number of nitrogens with zero attached hydrogens (tertiary/aromatic N) is 3. The lowest BCUT2D eigenvalue weighted by Crippen LogP contribution is -2.07. The highest BCUT2D eigenvalue weighted by molar-refractivity contribution is 8.18. The Bertz CT molecular complexity index is 964. The van der Waals surface area contributed by atoms with Gasteiger partial charge >= 0.3 is 0 Å². The number of rotatable bonds is 3. The molecule has 0 saturated heterocycles. The molecule has 0 spiro atoms. The second-order valence-corrected chi connectivity index (χ2v) is 7.14. The van der Waals surface area contributed by atoms with Gasteiger partial charge in [0.05, 0.1) is 27.7 Å². The van der Waals surface area contributed by atoms with Crippen LogP contribution in [-0.4, -0.2) is 20.3 Å². The summed E-state index contributed by atoms with van der Waals surface area (Å²) >= 11 is 2.61. The molecule has 1 aromatic carbocycles. The molecule has 3 aliphatic rings. The molecular formula is C16H11N5O3S2. The molecule has 0 fully saturated rings. The van der Waals surface area contributed by atoms with Crippen LogP contribution in [0.4, 0.5) is 11.4 Å². The van der Waals surface area contributed by atoms with Gasteiger partial charge in [-0.3, -0.25) is 19.2 Å². The molecule has 8 nitrogen and oxygen atoms in total. The van der Waals surface area contributed by atoms with Crippen molar-refractivity contribution < 1.29 is 9.72 Å². The van der Waals surface area contributed by atoms with Gasteiger partial charge < -0.3 is 10.0 Å². The van der Waals surface area contributed by atoms with E-state index in [0.717, 1.165) is 23.0 Å². The number of aliphatic imine (C=N–C) groups is 1. The minimum Gasteiger partial charge on any atom is -0.329 e. The zero-order valence-electron chi connectivity index (χ0n) is 13.1. The van der Waals surface area contributed by atoms with Gasteiger partial charge in [0, 0.05) is 18.5 Å². The number of allylic oxidation sites excluding steroid dienone is 4. The van der Waals surface area contributed by atoms with Crippen molar-refractivity contribution >= 4 is 46.3 Å². The van der Waals surface area contributed by atoms with Gasteiger partial charge in [-0.15, -0.1) is 0 Å². The van der Waals surface area contributed by atoms with Crippen LogP contribution < -0.4 is 10.0 Å². The third-order valence-electron chi connectivity index (χ3n) is 3.59. The summed E-state index contributed by atoms with van der Waals surface area (Å²) in [7, 11) is 0. The first-order valence-electron chi connectivity index (χ1n) is 7.45. The Kier molecular flexibility index (Phi) is 4.27. The molecule has 3 heterocycles. The summed E-state index contributed by atoms with van der Waals surface area (Å²) in [6, 6.07) is 6.23. The molecule has 0 bridgehead atoms. The van der Waals surface area contributed by atoms with Crippen molar-refractivity contribution in [2.24, 2.45) is 4.99 Å². The summed E-state index contributed by atoms with van der Waals surface area (Å²) in [5.41, 5.74) is 2.08. The van der Waals surface area contributed by atoms with E-state index in [1.54, 1.807) is 24.3 Å². The molecule has 3 aliphatic heterocycles. The molecule has 1 amide bonds. The SMILES string of the molecule is O=C1N=C(Nc2ccccc2[N+](=O)[O-])SC1=CC1=CC2=CNSN2C=C1. The number of hydrogen-bond acceptors (Lipinski definition) is 8. The largest absolute Gasteiger partial charge is 0.329 e. The number of amidine groups is 1. The van der Waals surface area contributed by atoms with Gasteiger partial charge in [0.25, 0.3) is 11.6 Å². The number of benzene rings is 1. The number of hydrogen-bond donors (Lipinski definition) is 2. The summed E-state index contributed by atoms with van der Waals surface area (Å²) in [4.78, 5) is 27.2. The number of nitro benzene ring substituents is 1. The molecule has 10 heteroatoms. The van der Waals surface area contributed by atoms with Crippen molar-refractivity contribution in [2.45, 2.75) is 0 Å². The van der Waals surface area contributed by atoms with Gasteiger partial charge in [0.1, 0.15) is 5.69 Å². The predicted octanol–water partition coefficient (Wildman–Crippen LogP) is 3.28. The average Bonchev–Trinajstić information content (AvgIpc) is 3.21. The number of nitrogens with one attached hydrogen (secondary N) is 2. The van der Waals surface area contributed by atoms with E-state index < -0.39 is 4.92 Å². The van der Waals surface area contributed by atoms with Crippen LogP contribution in [-0.2, 0) is 4.79 Å². The third kappa shape index (κ3) is 3.24. The maximum absolute atomic E-state index is 12.2. The van der Waals surface area contributed by atoms with Crippen LogP contribution >= 0.6 is 23.9 Å². The first-order valence-corrected chi connectivity index (χ1v) is 9.04. The number of carbonyl (C=O) groups excluding carboxylic acids is 1. The second kappa shape index (κ2) is 6.73. The Morgan fingerprint density at radius 3 is 3.04 bits per heavy atom. The van der Waals surface area contributed by atoms with Crippen LogP contribution in [0.5, 0.6) is 0 Å². The molecule has 0 saturated carbocycles. The minimum atomic E-state index is -0.480. The lowest BCUT2D eigenvalue weighted by molar-refractivity contribution is -0.383. The fraction of sp³-hybridized carbons (Fsp3) is 0. The van der Waals surface area contributed by atoms with Gasteiger partial charge in [0.15, 0.2) is 5.17 Å². The predicted molar refractivity (Wildman–Crippen MR) is 103 cm³/mol. The molecule has 4 rings (SSSR count). The summed E-state index contributed by atoms with van der Waals surface area (Å²) in [6.45, 7) is 0. The Balaban J connectivity index is 1.51. The number of fused-ring (bicyclic) bond motifs is 1. The summed E-state index contributed by atoms with van der Waals surface area (Å²) in [5, 5.41) is 14.3. The maximum atomic E-state index is 12.2. The van der Waals surface area contributed by atoms with Crippen molar-refractivity contribution in [3.8, 4) is 0 Å². The van der Waals surface area contributed by atoms with Gasteiger partial charge in [-0.2, -0.15) is 4.99 Å². The van der Waals surface area contributed by atoms with Crippen LogP contribution in [0.1, 0.15) is 0 Å². The summed E-state index contributed by atoms with van der Waals surface area (Å²) in [6.07, 6.45) is 9.36. The molecule has 0 unspecified atom stereocenters. The first kappa shape index (κ1) is 16.5. The van der Waals surface area contributed by atoms with Crippen LogP contribution in [0.2, 0.25) is 0 Å². The van der Waals surface area contributed by atoms with E-state index in [1.807, 2.05) is 28.9 Å². The van der Waals surface area contributed by atoms with Crippen molar-refractivity contribution in [1.82, 2.24) is 9.03 Å². The molecule has 26 heavy (non-hydrogen) atoms. The van der Waals surface area contributed by atoms with E-state index in [0.29, 0.717) is 15.8 Å². The van der Waals surface area contributed by atoms with Crippen molar-refractivity contribution in [1.29, 1.82) is 0 Å². The Hall–Kier alpha value is -2.98. The minimum absolute atomic E-state index is 0.0723. The number of carbonyl (C=O) groups is 1. The molecule has 1 aromatic rings. The molecule has 0 aromatic heterocycles. The van der Waals surface area contributed by atoms with E-state index in [2.05, 4.69) is 15.0 Å². The van der Waals surface area contributed by atoms with Gasteiger partial charge in [-0.25, -0.2) is 0 Å². The van der Waals surface area contributed by atoms with E-state index in [-0.39, 0.29) is 11.6 Å². The molecule has 0 atom stereocenters. The molecular weight excluding hydrogens is 374 g/mol. The van der Waals surface area contributed by atoms with E-state index in [4.69, 9.17) is 0 Å². The number of amides is 1. The first-order chi connectivity index (χ1) is 12.6. The highest BCUT2D eigenvalue weighted by Crippen LogP contribution is 2.33. The topological polar surface area (TPSA) is 99.9 Å². The van der Waals surface area contributed by atoms with Crippen LogP contribution in [0.25, 0.3) is 0 Å². The van der Waals surface area contributed by atoms with Gasteiger partial charge in [-0.05, 0) is 41.6 Å². The zero-order valence-corrected chi connectivity index (χ0v) is 14.7. The lowest BCUT2D eigenvalue weighted by Gasteiger charge is -2.15. The summed E-state index contributed by atoms with van der Waals surface area (Å²) < 4.78 is 5.00. The Morgan fingerprint density at radius 2 is 2.19 bits per heavy atom. The smallest absolute Gasteiger partial charge is 0.292 e. The highest BCUT2D eigenvalue weighted by atomic mass is 32.2. The average molecular weight is 385 g/mol. The monoisotopic (exact) mass is 385 g/mol. The number of anilines is 1. The van der Waals surface area contributed by atoms with E-state index in [1.165, 1.54) is 18.2 Å². The number of para-hydroxylation sites is 2.